The lowest BCUT2D eigenvalue weighted by atomic mass is 10.0. The van der Waals surface area contributed by atoms with Gasteiger partial charge in [0.05, 0.1) is 18.4 Å². The molecule has 1 aromatic carbocycles. The van der Waals surface area contributed by atoms with Crippen molar-refractivity contribution >= 4 is 21.9 Å². The van der Waals surface area contributed by atoms with E-state index in [0.29, 0.717) is 5.56 Å². The van der Waals surface area contributed by atoms with Gasteiger partial charge in [-0.05, 0) is 34.1 Å². The largest absolute Gasteiger partial charge is 0.465 e. The molecule has 0 aliphatic heterocycles. The maximum absolute atomic E-state index is 11.6. The molecule has 0 N–H and O–H groups in total. The first-order valence-electron chi connectivity index (χ1n) is 5.02. The fraction of sp³-hybridized carbons (Fsp3) is 0.0769. The summed E-state index contributed by atoms with van der Waals surface area (Å²) in [6.45, 7) is 0. The van der Waals surface area contributed by atoms with Crippen LogP contribution in [0.2, 0.25) is 0 Å². The van der Waals surface area contributed by atoms with Crippen LogP contribution in [0.3, 0.4) is 0 Å². The van der Waals surface area contributed by atoms with Gasteiger partial charge in [0.15, 0.2) is 0 Å². The summed E-state index contributed by atoms with van der Waals surface area (Å²) in [6.07, 6.45) is 0. The molecule has 0 atom stereocenters. The quantitative estimate of drug-likeness (QED) is 0.629. The first-order chi connectivity index (χ1) is 8.22. The summed E-state index contributed by atoms with van der Waals surface area (Å²) in [6, 6.07) is 12.8. The van der Waals surface area contributed by atoms with Gasteiger partial charge >= 0.3 is 5.97 Å². The van der Waals surface area contributed by atoms with Crippen LogP contribution >= 0.6 is 15.9 Å². The first kappa shape index (κ1) is 11.8. The van der Waals surface area contributed by atoms with Crippen LogP contribution in [0.15, 0.2) is 47.1 Å². The lowest BCUT2D eigenvalue weighted by Crippen LogP contribution is -2.03. The molecule has 0 spiro atoms. The molecule has 0 aliphatic carbocycles. The van der Waals surface area contributed by atoms with Crippen LogP contribution in [-0.4, -0.2) is 18.1 Å². The summed E-state index contributed by atoms with van der Waals surface area (Å²) in [7, 11) is 1.37. The number of ether oxygens (including phenoxy) is 1. The molecule has 86 valence electrons. The molecular formula is C13H10BrNO2. The van der Waals surface area contributed by atoms with Crippen molar-refractivity contribution in [3.63, 3.8) is 0 Å². The van der Waals surface area contributed by atoms with Gasteiger partial charge < -0.3 is 4.74 Å². The van der Waals surface area contributed by atoms with Crippen molar-refractivity contribution < 1.29 is 9.53 Å². The zero-order valence-corrected chi connectivity index (χ0v) is 10.8. The van der Waals surface area contributed by atoms with Crippen LogP contribution in [0.1, 0.15) is 10.4 Å². The third-order valence-corrected chi connectivity index (χ3v) is 2.77. The molecule has 2 rings (SSSR count). The van der Waals surface area contributed by atoms with Crippen molar-refractivity contribution in [1.29, 1.82) is 0 Å². The fourth-order valence-electron chi connectivity index (χ4n) is 1.55. The molecule has 0 saturated heterocycles. The Morgan fingerprint density at radius 2 is 1.94 bits per heavy atom. The van der Waals surface area contributed by atoms with Gasteiger partial charge in [-0.1, -0.05) is 24.3 Å². The number of pyridine rings is 1. The lowest BCUT2D eigenvalue weighted by Gasteiger charge is -2.07. The summed E-state index contributed by atoms with van der Waals surface area (Å²) in [5.74, 6) is -0.359. The highest BCUT2D eigenvalue weighted by atomic mass is 79.9. The second-order valence-corrected chi connectivity index (χ2v) is 4.20. The average Bonchev–Trinajstić information content (AvgIpc) is 2.38. The van der Waals surface area contributed by atoms with Crippen molar-refractivity contribution in [1.82, 2.24) is 4.98 Å². The molecule has 0 radical (unpaired) electrons. The molecular weight excluding hydrogens is 282 g/mol. The van der Waals surface area contributed by atoms with Gasteiger partial charge in [-0.3, -0.25) is 0 Å². The third kappa shape index (κ3) is 2.53. The average molecular weight is 292 g/mol. The minimum Gasteiger partial charge on any atom is -0.465 e. The predicted octanol–water partition coefficient (Wildman–Crippen LogP) is 3.30. The number of nitrogens with zero attached hydrogens (tertiary/aromatic N) is 1. The van der Waals surface area contributed by atoms with Crippen LogP contribution in [0.25, 0.3) is 11.3 Å². The minimum atomic E-state index is -0.359. The number of benzene rings is 1. The first-order valence-corrected chi connectivity index (χ1v) is 5.82. The van der Waals surface area contributed by atoms with E-state index < -0.39 is 0 Å². The van der Waals surface area contributed by atoms with Crippen LogP contribution < -0.4 is 0 Å². The SMILES string of the molecule is COC(=O)c1ccccc1-c1cccc(Br)n1. The number of rotatable bonds is 2. The van der Waals surface area contributed by atoms with Crippen LogP contribution in [-0.2, 0) is 4.74 Å². The van der Waals surface area contributed by atoms with Crippen molar-refractivity contribution in [2.24, 2.45) is 0 Å². The number of hydrogen-bond donors (Lipinski definition) is 0. The highest BCUT2D eigenvalue weighted by molar-refractivity contribution is 9.10. The standard InChI is InChI=1S/C13H10BrNO2/c1-17-13(16)10-6-3-2-5-9(10)11-7-4-8-12(14)15-11/h2-8H,1H3. The van der Waals surface area contributed by atoms with E-state index in [1.165, 1.54) is 7.11 Å². The van der Waals surface area contributed by atoms with Gasteiger partial charge in [-0.2, -0.15) is 0 Å². The highest BCUT2D eigenvalue weighted by Gasteiger charge is 2.13. The summed E-state index contributed by atoms with van der Waals surface area (Å²) >= 11 is 3.31. The predicted molar refractivity (Wildman–Crippen MR) is 68.7 cm³/mol. The molecule has 0 unspecified atom stereocenters. The van der Waals surface area contributed by atoms with Crippen molar-refractivity contribution in [3.05, 3.63) is 52.6 Å². The number of hydrogen-bond acceptors (Lipinski definition) is 3. The molecule has 1 aromatic heterocycles. The lowest BCUT2D eigenvalue weighted by molar-refractivity contribution is 0.0601. The molecule has 4 heteroatoms. The van der Waals surface area contributed by atoms with Crippen molar-refractivity contribution in [3.8, 4) is 11.3 Å². The van der Waals surface area contributed by atoms with Gasteiger partial charge in [0.2, 0.25) is 0 Å². The summed E-state index contributed by atoms with van der Waals surface area (Å²) in [5, 5.41) is 0. The van der Waals surface area contributed by atoms with Gasteiger partial charge in [-0.15, -0.1) is 0 Å². The number of halogens is 1. The molecule has 0 fully saturated rings. The molecule has 0 saturated carbocycles. The van der Waals surface area contributed by atoms with Crippen LogP contribution in [0.4, 0.5) is 0 Å². The Labute approximate surface area is 108 Å². The second kappa shape index (κ2) is 5.10. The Kier molecular flexibility index (Phi) is 3.54. The topological polar surface area (TPSA) is 39.2 Å². The molecule has 1 heterocycles. The van der Waals surface area contributed by atoms with E-state index in [0.717, 1.165) is 15.9 Å². The summed E-state index contributed by atoms with van der Waals surface area (Å²) < 4.78 is 5.48. The Hall–Kier alpha value is -1.68. The normalized spacial score (nSPS) is 10.0. The van der Waals surface area contributed by atoms with Gasteiger partial charge in [0.1, 0.15) is 4.60 Å². The Bertz CT molecular complexity index is 555. The molecule has 0 aliphatic rings. The minimum absolute atomic E-state index is 0.359. The van der Waals surface area contributed by atoms with E-state index in [1.54, 1.807) is 12.1 Å². The fourth-order valence-corrected chi connectivity index (χ4v) is 1.90. The molecule has 3 nitrogen and oxygen atoms in total. The van der Waals surface area contributed by atoms with Crippen molar-refractivity contribution in [2.45, 2.75) is 0 Å². The maximum Gasteiger partial charge on any atom is 0.338 e. The number of carbonyl (C=O) groups is 1. The monoisotopic (exact) mass is 291 g/mol. The smallest absolute Gasteiger partial charge is 0.338 e. The Morgan fingerprint density at radius 1 is 1.18 bits per heavy atom. The number of aromatic nitrogens is 1. The number of carbonyl (C=O) groups excluding carboxylic acids is 1. The summed E-state index contributed by atoms with van der Waals surface area (Å²) in [4.78, 5) is 16.0. The molecule has 0 amide bonds. The number of esters is 1. The third-order valence-electron chi connectivity index (χ3n) is 2.32. The van der Waals surface area contributed by atoms with Gasteiger partial charge in [-0.25, -0.2) is 9.78 Å². The highest BCUT2D eigenvalue weighted by Crippen LogP contribution is 2.23. The second-order valence-electron chi connectivity index (χ2n) is 3.38. The van der Waals surface area contributed by atoms with Gasteiger partial charge in [0, 0.05) is 5.56 Å². The molecule has 17 heavy (non-hydrogen) atoms. The van der Waals surface area contributed by atoms with E-state index in [-0.39, 0.29) is 5.97 Å². The molecule has 0 bridgehead atoms. The number of methoxy groups -OCH3 is 1. The summed E-state index contributed by atoms with van der Waals surface area (Å²) in [5.41, 5.74) is 2.02. The maximum atomic E-state index is 11.6. The van der Waals surface area contributed by atoms with E-state index in [9.17, 15) is 4.79 Å². The van der Waals surface area contributed by atoms with Crippen molar-refractivity contribution in [2.75, 3.05) is 7.11 Å². The Balaban J connectivity index is 2.55. The van der Waals surface area contributed by atoms with E-state index >= 15 is 0 Å². The zero-order chi connectivity index (χ0) is 12.3. The van der Waals surface area contributed by atoms with Gasteiger partial charge in [0.25, 0.3) is 0 Å². The zero-order valence-electron chi connectivity index (χ0n) is 9.18. The van der Waals surface area contributed by atoms with E-state index in [2.05, 4.69) is 20.9 Å². The van der Waals surface area contributed by atoms with E-state index in [4.69, 9.17) is 4.74 Å². The van der Waals surface area contributed by atoms with Crippen LogP contribution in [0, 0.1) is 0 Å². The Morgan fingerprint density at radius 3 is 2.65 bits per heavy atom. The van der Waals surface area contributed by atoms with E-state index in [1.807, 2.05) is 30.3 Å². The van der Waals surface area contributed by atoms with Crippen LogP contribution in [0.5, 0.6) is 0 Å². The molecule has 2 aromatic rings.